The number of alkyl halides is 4. The van der Waals surface area contributed by atoms with Crippen LogP contribution in [0, 0.1) is 6.92 Å². The van der Waals surface area contributed by atoms with Crippen LogP contribution in [0.4, 0.5) is 13.2 Å². The van der Waals surface area contributed by atoms with Gasteiger partial charge in [0.15, 0.2) is 0 Å². The zero-order valence-electron chi connectivity index (χ0n) is 11.3. The lowest BCUT2D eigenvalue weighted by Crippen LogP contribution is -2.17. The molecule has 112 valence electrons. The van der Waals surface area contributed by atoms with Crippen molar-refractivity contribution < 1.29 is 17.9 Å². The molecule has 0 saturated heterocycles. The number of hydrogen-bond donors (Lipinski definition) is 0. The summed E-state index contributed by atoms with van der Waals surface area (Å²) in [5.41, 5.74) is 3.27. The molecule has 0 heterocycles. The summed E-state index contributed by atoms with van der Waals surface area (Å²) in [7, 11) is 0. The summed E-state index contributed by atoms with van der Waals surface area (Å²) in [6.45, 7) is 2.02. The van der Waals surface area contributed by atoms with E-state index in [0.717, 1.165) is 17.5 Å². The van der Waals surface area contributed by atoms with E-state index in [-0.39, 0.29) is 10.6 Å². The van der Waals surface area contributed by atoms with Crippen LogP contribution in [0.5, 0.6) is 5.75 Å². The second kappa shape index (κ2) is 6.52. The predicted octanol–water partition coefficient (Wildman–Crippen LogP) is 5.57. The SMILES string of the molecule is Cc1ccc(CC(Br)c2ccc(OC(F)(F)F)cc2)cc1. The van der Waals surface area contributed by atoms with Crippen LogP contribution < -0.4 is 4.74 Å². The number of rotatable bonds is 4. The van der Waals surface area contributed by atoms with Gasteiger partial charge < -0.3 is 4.74 Å². The standard InChI is InChI=1S/C16H14BrF3O/c1-11-2-4-12(5-3-11)10-15(17)13-6-8-14(9-7-13)21-16(18,19)20/h2-9,15H,10H2,1H3. The second-order valence-electron chi connectivity index (χ2n) is 4.77. The Hall–Kier alpha value is -1.49. The Labute approximate surface area is 129 Å². The van der Waals surface area contributed by atoms with Gasteiger partial charge in [-0.05, 0) is 36.6 Å². The van der Waals surface area contributed by atoms with Gasteiger partial charge in [0, 0.05) is 4.83 Å². The summed E-state index contributed by atoms with van der Waals surface area (Å²) in [6, 6.07) is 14.1. The molecular formula is C16H14BrF3O. The van der Waals surface area contributed by atoms with Crippen molar-refractivity contribution in [1.82, 2.24) is 0 Å². The van der Waals surface area contributed by atoms with Crippen LogP contribution in [-0.4, -0.2) is 6.36 Å². The van der Waals surface area contributed by atoms with Gasteiger partial charge in [-0.3, -0.25) is 0 Å². The molecule has 0 spiro atoms. The molecule has 2 aromatic carbocycles. The molecule has 1 unspecified atom stereocenters. The van der Waals surface area contributed by atoms with Crippen molar-refractivity contribution in [3.8, 4) is 5.75 Å². The van der Waals surface area contributed by atoms with Crippen molar-refractivity contribution in [1.29, 1.82) is 0 Å². The van der Waals surface area contributed by atoms with Crippen LogP contribution in [0.1, 0.15) is 21.5 Å². The van der Waals surface area contributed by atoms with Crippen molar-refractivity contribution in [2.24, 2.45) is 0 Å². The van der Waals surface area contributed by atoms with Crippen molar-refractivity contribution in [2.75, 3.05) is 0 Å². The van der Waals surface area contributed by atoms with Crippen LogP contribution in [-0.2, 0) is 6.42 Å². The quantitative estimate of drug-likeness (QED) is 0.649. The van der Waals surface area contributed by atoms with Crippen molar-refractivity contribution in [3.05, 3.63) is 65.2 Å². The largest absolute Gasteiger partial charge is 0.573 e. The number of aryl methyl sites for hydroxylation is 1. The van der Waals surface area contributed by atoms with E-state index in [1.165, 1.54) is 17.7 Å². The van der Waals surface area contributed by atoms with E-state index in [0.29, 0.717) is 0 Å². The maximum Gasteiger partial charge on any atom is 0.573 e. The van der Waals surface area contributed by atoms with E-state index in [1.54, 1.807) is 12.1 Å². The van der Waals surface area contributed by atoms with E-state index in [2.05, 4.69) is 20.7 Å². The molecule has 21 heavy (non-hydrogen) atoms. The van der Waals surface area contributed by atoms with Crippen LogP contribution in [0.25, 0.3) is 0 Å². The van der Waals surface area contributed by atoms with Gasteiger partial charge in [-0.15, -0.1) is 13.2 Å². The summed E-state index contributed by atoms with van der Waals surface area (Å²) < 4.78 is 40.1. The van der Waals surface area contributed by atoms with Crippen molar-refractivity contribution in [3.63, 3.8) is 0 Å². The fourth-order valence-corrected chi connectivity index (χ4v) is 2.61. The number of halogens is 4. The number of ether oxygens (including phenoxy) is 1. The Balaban J connectivity index is 2.02. The molecule has 0 aliphatic heterocycles. The first-order valence-electron chi connectivity index (χ1n) is 6.39. The van der Waals surface area contributed by atoms with Gasteiger partial charge in [-0.25, -0.2) is 0 Å². The minimum absolute atomic E-state index is 0.0418. The van der Waals surface area contributed by atoms with Gasteiger partial charge in [-0.1, -0.05) is 57.9 Å². The highest BCUT2D eigenvalue weighted by molar-refractivity contribution is 9.09. The zero-order valence-corrected chi connectivity index (χ0v) is 12.9. The van der Waals surface area contributed by atoms with Crippen LogP contribution >= 0.6 is 15.9 Å². The molecule has 0 fully saturated rings. The molecule has 2 rings (SSSR count). The maximum atomic E-state index is 12.1. The first-order valence-corrected chi connectivity index (χ1v) is 7.30. The molecule has 0 aliphatic rings. The van der Waals surface area contributed by atoms with Crippen LogP contribution in [0.15, 0.2) is 48.5 Å². The maximum absolute atomic E-state index is 12.1. The first kappa shape index (κ1) is 15.9. The summed E-state index contributed by atoms with van der Waals surface area (Å²) in [6.07, 6.45) is -3.89. The minimum Gasteiger partial charge on any atom is -0.406 e. The highest BCUT2D eigenvalue weighted by atomic mass is 79.9. The summed E-state index contributed by atoms with van der Waals surface area (Å²) in [4.78, 5) is 0.0418. The van der Waals surface area contributed by atoms with Gasteiger partial charge in [-0.2, -0.15) is 0 Å². The molecule has 1 atom stereocenters. The van der Waals surface area contributed by atoms with E-state index in [9.17, 15) is 13.2 Å². The van der Waals surface area contributed by atoms with Crippen LogP contribution in [0.3, 0.4) is 0 Å². The van der Waals surface area contributed by atoms with Gasteiger partial charge in [0.1, 0.15) is 5.75 Å². The topological polar surface area (TPSA) is 9.23 Å². The normalized spacial score (nSPS) is 13.0. The molecule has 0 radical (unpaired) electrons. The molecule has 5 heteroatoms. The highest BCUT2D eigenvalue weighted by Crippen LogP contribution is 2.30. The van der Waals surface area contributed by atoms with Crippen molar-refractivity contribution >= 4 is 15.9 Å². The Morgan fingerprint density at radius 3 is 2.10 bits per heavy atom. The third kappa shape index (κ3) is 5.08. The molecule has 0 aliphatic carbocycles. The van der Waals surface area contributed by atoms with Crippen molar-refractivity contribution in [2.45, 2.75) is 24.5 Å². The molecule has 0 aromatic heterocycles. The molecule has 0 amide bonds. The Morgan fingerprint density at radius 2 is 1.57 bits per heavy atom. The smallest absolute Gasteiger partial charge is 0.406 e. The summed E-state index contributed by atoms with van der Waals surface area (Å²) >= 11 is 3.56. The lowest BCUT2D eigenvalue weighted by atomic mass is 10.0. The second-order valence-corrected chi connectivity index (χ2v) is 5.88. The molecule has 1 nitrogen and oxygen atoms in total. The van der Waals surface area contributed by atoms with Gasteiger partial charge >= 0.3 is 6.36 Å². The predicted molar refractivity (Wildman–Crippen MR) is 79.7 cm³/mol. The number of benzene rings is 2. The monoisotopic (exact) mass is 358 g/mol. The average molecular weight is 359 g/mol. The average Bonchev–Trinajstić information content (AvgIpc) is 2.40. The van der Waals surface area contributed by atoms with E-state index in [1.807, 2.05) is 31.2 Å². The minimum atomic E-state index is -4.66. The Bertz CT molecular complexity index is 576. The molecule has 0 saturated carbocycles. The molecule has 0 bridgehead atoms. The van der Waals surface area contributed by atoms with Crippen LogP contribution in [0.2, 0.25) is 0 Å². The molecule has 2 aromatic rings. The van der Waals surface area contributed by atoms with E-state index < -0.39 is 6.36 Å². The highest BCUT2D eigenvalue weighted by Gasteiger charge is 2.31. The Kier molecular flexibility index (Phi) is 4.93. The third-order valence-electron chi connectivity index (χ3n) is 3.01. The van der Waals surface area contributed by atoms with Gasteiger partial charge in [0.05, 0.1) is 0 Å². The van der Waals surface area contributed by atoms with Gasteiger partial charge in [0.25, 0.3) is 0 Å². The lowest BCUT2D eigenvalue weighted by molar-refractivity contribution is -0.274. The first-order chi connectivity index (χ1) is 9.83. The fourth-order valence-electron chi connectivity index (χ4n) is 1.93. The number of hydrogen-bond acceptors (Lipinski definition) is 1. The summed E-state index contributed by atoms with van der Waals surface area (Å²) in [5.74, 6) is -0.207. The third-order valence-corrected chi connectivity index (χ3v) is 3.86. The summed E-state index contributed by atoms with van der Waals surface area (Å²) in [5, 5.41) is 0. The van der Waals surface area contributed by atoms with E-state index in [4.69, 9.17) is 0 Å². The Morgan fingerprint density at radius 1 is 1.00 bits per heavy atom. The van der Waals surface area contributed by atoms with Gasteiger partial charge in [0.2, 0.25) is 0 Å². The zero-order chi connectivity index (χ0) is 15.5. The molecule has 0 N–H and O–H groups in total. The molecular weight excluding hydrogens is 345 g/mol. The van der Waals surface area contributed by atoms with E-state index >= 15 is 0 Å². The fraction of sp³-hybridized carbons (Fsp3) is 0.250. The lowest BCUT2D eigenvalue weighted by Gasteiger charge is -2.13.